The Morgan fingerprint density at radius 1 is 1.19 bits per heavy atom. The maximum Gasteiger partial charge on any atom is 0.244 e. The molecule has 3 aromatic rings. The molecule has 3 rings (SSSR count). The lowest BCUT2D eigenvalue weighted by Gasteiger charge is -2.18. The molecule has 0 fully saturated rings. The molecule has 6 nitrogen and oxygen atoms in total. The van der Waals surface area contributed by atoms with Gasteiger partial charge in [-0.05, 0) is 29.8 Å². The Bertz CT molecular complexity index is 1070. The number of hydrogen-bond acceptors (Lipinski definition) is 5. The fourth-order valence-electron chi connectivity index (χ4n) is 2.59. The minimum atomic E-state index is -3.57. The van der Waals surface area contributed by atoms with Gasteiger partial charge in [-0.25, -0.2) is 12.8 Å². The molecule has 2 aromatic heterocycles. The molecule has 0 aliphatic rings. The van der Waals surface area contributed by atoms with E-state index in [9.17, 15) is 12.8 Å². The van der Waals surface area contributed by atoms with E-state index in [1.165, 1.54) is 28.2 Å². The fraction of sp³-hybridized carbons (Fsp3) is 0.294. The highest BCUT2D eigenvalue weighted by Gasteiger charge is 2.22. The van der Waals surface area contributed by atoms with E-state index < -0.39 is 10.0 Å². The van der Waals surface area contributed by atoms with Crippen molar-refractivity contribution in [3.8, 4) is 0 Å². The van der Waals surface area contributed by atoms with Crippen LogP contribution in [0.1, 0.15) is 19.4 Å². The quantitative estimate of drug-likeness (QED) is 0.486. The Labute approximate surface area is 170 Å². The van der Waals surface area contributed by atoms with E-state index in [0.717, 1.165) is 5.56 Å². The van der Waals surface area contributed by atoms with E-state index in [4.69, 9.17) is 0 Å². The summed E-state index contributed by atoms with van der Waals surface area (Å²) in [7, 11) is -3.57. The predicted molar refractivity (Wildman–Crippen MR) is 107 cm³/mol. The standard InChI is InChI=1S/C17H18BrFN4O2S2/c1-3-22(4-2)27(24,25)14-7-8-16-20-21-17(23(16)10-14)26-11-12-5-6-13(19)9-15(12)18/h5-10H,3-4,11H2,1-2H3. The second kappa shape index (κ2) is 8.26. The maximum absolute atomic E-state index is 13.2. The van der Waals surface area contributed by atoms with Crippen molar-refractivity contribution in [1.29, 1.82) is 0 Å². The molecule has 10 heteroatoms. The van der Waals surface area contributed by atoms with Gasteiger partial charge >= 0.3 is 0 Å². The van der Waals surface area contributed by atoms with Crippen molar-refractivity contribution in [2.24, 2.45) is 0 Å². The summed E-state index contributed by atoms with van der Waals surface area (Å²) in [6, 6.07) is 7.69. The van der Waals surface area contributed by atoms with E-state index in [1.54, 1.807) is 42.6 Å². The first kappa shape index (κ1) is 20.2. The summed E-state index contributed by atoms with van der Waals surface area (Å²) in [5, 5.41) is 8.80. The highest BCUT2D eigenvalue weighted by Crippen LogP contribution is 2.27. The van der Waals surface area contributed by atoms with Crippen LogP contribution in [0.4, 0.5) is 4.39 Å². The van der Waals surface area contributed by atoms with Gasteiger partial charge in [0.1, 0.15) is 5.82 Å². The zero-order chi connectivity index (χ0) is 19.6. The lowest BCUT2D eigenvalue weighted by Crippen LogP contribution is -2.30. The molecule has 0 saturated heterocycles. The number of halogens is 2. The van der Waals surface area contributed by atoms with Gasteiger partial charge in [-0.1, -0.05) is 47.6 Å². The third-order valence-corrected chi connectivity index (χ3v) is 7.82. The lowest BCUT2D eigenvalue weighted by molar-refractivity contribution is 0.445. The molecule has 2 heterocycles. The smallest absolute Gasteiger partial charge is 0.244 e. The summed E-state index contributed by atoms with van der Waals surface area (Å²) in [6.07, 6.45) is 1.55. The average Bonchev–Trinajstić information content (AvgIpc) is 3.04. The summed E-state index contributed by atoms with van der Waals surface area (Å²) in [5.41, 5.74) is 1.47. The van der Waals surface area contributed by atoms with Crippen molar-refractivity contribution >= 4 is 43.4 Å². The molecule has 1 aromatic carbocycles. The summed E-state index contributed by atoms with van der Waals surface area (Å²) in [6.45, 7) is 4.42. The second-order valence-electron chi connectivity index (χ2n) is 5.69. The van der Waals surface area contributed by atoms with Crippen LogP contribution in [0, 0.1) is 5.82 Å². The average molecular weight is 473 g/mol. The normalized spacial score (nSPS) is 12.2. The number of sulfonamides is 1. The zero-order valence-corrected chi connectivity index (χ0v) is 18.0. The maximum atomic E-state index is 13.2. The summed E-state index contributed by atoms with van der Waals surface area (Å²) in [5.74, 6) is 0.226. The van der Waals surface area contributed by atoms with Crippen molar-refractivity contribution < 1.29 is 12.8 Å². The van der Waals surface area contributed by atoms with E-state index >= 15 is 0 Å². The molecule has 0 aliphatic heterocycles. The Hall–Kier alpha value is -1.49. The molecular formula is C17H18BrFN4O2S2. The zero-order valence-electron chi connectivity index (χ0n) is 14.8. The van der Waals surface area contributed by atoms with Crippen LogP contribution in [-0.4, -0.2) is 40.4 Å². The minimum Gasteiger partial charge on any atom is -0.276 e. The van der Waals surface area contributed by atoms with Gasteiger partial charge in [0.2, 0.25) is 10.0 Å². The third-order valence-electron chi connectivity index (χ3n) is 4.06. The first-order chi connectivity index (χ1) is 12.9. The number of fused-ring (bicyclic) bond motifs is 1. The van der Waals surface area contributed by atoms with Gasteiger partial charge in [-0.2, -0.15) is 4.31 Å². The lowest BCUT2D eigenvalue weighted by atomic mass is 10.2. The van der Waals surface area contributed by atoms with Crippen molar-refractivity contribution in [1.82, 2.24) is 18.9 Å². The molecule has 0 spiro atoms. The Morgan fingerprint density at radius 3 is 2.59 bits per heavy atom. The number of thioether (sulfide) groups is 1. The topological polar surface area (TPSA) is 67.6 Å². The van der Waals surface area contributed by atoms with Crippen LogP contribution in [0.3, 0.4) is 0 Å². The van der Waals surface area contributed by atoms with Gasteiger partial charge in [0.15, 0.2) is 10.8 Å². The first-order valence-electron chi connectivity index (χ1n) is 8.28. The second-order valence-corrected chi connectivity index (χ2v) is 9.42. The number of benzene rings is 1. The number of pyridine rings is 1. The molecule has 0 bridgehead atoms. The molecule has 144 valence electrons. The van der Waals surface area contributed by atoms with Crippen LogP contribution in [-0.2, 0) is 15.8 Å². The number of rotatable bonds is 7. The SMILES string of the molecule is CCN(CC)S(=O)(=O)c1ccc2nnc(SCc3ccc(F)cc3Br)n2c1. The van der Waals surface area contributed by atoms with Crippen LogP contribution in [0.15, 0.2) is 51.1 Å². The van der Waals surface area contributed by atoms with Gasteiger partial charge in [0, 0.05) is 29.5 Å². The summed E-state index contributed by atoms with van der Waals surface area (Å²) in [4.78, 5) is 0.198. The van der Waals surface area contributed by atoms with Crippen molar-refractivity contribution in [2.75, 3.05) is 13.1 Å². The number of nitrogens with zero attached hydrogens (tertiary/aromatic N) is 4. The van der Waals surface area contributed by atoms with Gasteiger partial charge in [-0.15, -0.1) is 10.2 Å². The van der Waals surface area contributed by atoms with Crippen LogP contribution in [0.2, 0.25) is 0 Å². The highest BCUT2D eigenvalue weighted by atomic mass is 79.9. The van der Waals surface area contributed by atoms with Crippen molar-refractivity contribution in [3.05, 3.63) is 52.4 Å². The van der Waals surface area contributed by atoms with E-state index in [0.29, 0.717) is 34.1 Å². The fourth-order valence-corrected chi connectivity index (χ4v) is 5.65. The molecule has 0 N–H and O–H groups in total. The van der Waals surface area contributed by atoms with Crippen LogP contribution in [0.5, 0.6) is 0 Å². The van der Waals surface area contributed by atoms with Crippen LogP contribution in [0.25, 0.3) is 5.65 Å². The monoisotopic (exact) mass is 472 g/mol. The Morgan fingerprint density at radius 2 is 1.93 bits per heavy atom. The van der Waals surface area contributed by atoms with Gasteiger partial charge in [0.05, 0.1) is 4.90 Å². The van der Waals surface area contributed by atoms with E-state index in [1.807, 2.05) is 0 Å². The molecule has 0 saturated carbocycles. The van der Waals surface area contributed by atoms with Gasteiger partial charge < -0.3 is 0 Å². The molecule has 0 radical (unpaired) electrons. The third kappa shape index (κ3) is 4.18. The van der Waals surface area contributed by atoms with Crippen LogP contribution >= 0.6 is 27.7 Å². The van der Waals surface area contributed by atoms with E-state index in [2.05, 4.69) is 26.1 Å². The Kier molecular flexibility index (Phi) is 6.19. The predicted octanol–water partition coefficient (Wildman–Crippen LogP) is 3.95. The Balaban J connectivity index is 1.91. The van der Waals surface area contributed by atoms with Gasteiger partial charge in [0.25, 0.3) is 0 Å². The molecular weight excluding hydrogens is 455 g/mol. The molecule has 0 unspecified atom stereocenters. The van der Waals surface area contributed by atoms with Crippen molar-refractivity contribution in [3.63, 3.8) is 0 Å². The molecule has 27 heavy (non-hydrogen) atoms. The molecule has 0 atom stereocenters. The van der Waals surface area contributed by atoms with Gasteiger partial charge in [-0.3, -0.25) is 4.40 Å². The van der Waals surface area contributed by atoms with Crippen LogP contribution < -0.4 is 0 Å². The largest absolute Gasteiger partial charge is 0.276 e. The highest BCUT2D eigenvalue weighted by molar-refractivity contribution is 9.10. The minimum absolute atomic E-state index is 0.198. The molecule has 0 aliphatic carbocycles. The summed E-state index contributed by atoms with van der Waals surface area (Å²) >= 11 is 4.75. The number of hydrogen-bond donors (Lipinski definition) is 0. The number of aromatic nitrogens is 3. The molecule has 0 amide bonds. The first-order valence-corrected chi connectivity index (χ1v) is 11.5. The van der Waals surface area contributed by atoms with E-state index in [-0.39, 0.29) is 10.7 Å². The summed E-state index contributed by atoms with van der Waals surface area (Å²) < 4.78 is 42.5. The van der Waals surface area contributed by atoms with Crippen molar-refractivity contribution in [2.45, 2.75) is 29.7 Å².